The predicted molar refractivity (Wildman–Crippen MR) is 81.2 cm³/mol. The Bertz CT molecular complexity index is 417. The van der Waals surface area contributed by atoms with Crippen molar-refractivity contribution in [3.63, 3.8) is 0 Å². The second-order valence-electron chi connectivity index (χ2n) is 4.94. The third kappa shape index (κ3) is 3.63. The second-order valence-corrected chi connectivity index (χ2v) is 5.79. The van der Waals surface area contributed by atoms with Gasteiger partial charge in [0.15, 0.2) is 11.5 Å². The number of hydrogen-bond donors (Lipinski definition) is 1. The molecular weight excluding hydrogens is 306 g/mol. The molecule has 4 heteroatoms. The van der Waals surface area contributed by atoms with E-state index in [0.717, 1.165) is 41.8 Å². The van der Waals surface area contributed by atoms with Crippen molar-refractivity contribution in [2.24, 2.45) is 0 Å². The van der Waals surface area contributed by atoms with Crippen molar-refractivity contribution < 1.29 is 9.47 Å². The van der Waals surface area contributed by atoms with Crippen LogP contribution in [0.2, 0.25) is 0 Å². The Morgan fingerprint density at radius 1 is 1.32 bits per heavy atom. The molecule has 1 aromatic carbocycles. The van der Waals surface area contributed by atoms with Crippen molar-refractivity contribution in [2.75, 3.05) is 20.7 Å². The summed E-state index contributed by atoms with van der Waals surface area (Å²) < 4.78 is 12.8. The number of nitrogens with one attached hydrogen (secondary N) is 1. The van der Waals surface area contributed by atoms with Crippen LogP contribution in [0, 0.1) is 0 Å². The topological polar surface area (TPSA) is 30.5 Å². The predicted octanol–water partition coefficient (Wildman–Crippen LogP) is 3.54. The van der Waals surface area contributed by atoms with Crippen molar-refractivity contribution in [3.05, 3.63) is 22.2 Å². The maximum absolute atomic E-state index is 6.22. The van der Waals surface area contributed by atoms with Gasteiger partial charge in [-0.1, -0.05) is 15.9 Å². The SMILES string of the molecule is CNCCc1c(Br)ccc(OC)c1OC1CCCC1. The normalized spacial score (nSPS) is 15.7. The van der Waals surface area contributed by atoms with Crippen LogP contribution < -0.4 is 14.8 Å². The van der Waals surface area contributed by atoms with Crippen molar-refractivity contribution in [3.8, 4) is 11.5 Å². The van der Waals surface area contributed by atoms with E-state index in [0.29, 0.717) is 6.10 Å². The van der Waals surface area contributed by atoms with Gasteiger partial charge in [0, 0.05) is 10.0 Å². The first kappa shape index (κ1) is 14.7. The van der Waals surface area contributed by atoms with Gasteiger partial charge in [0.25, 0.3) is 0 Å². The van der Waals surface area contributed by atoms with Gasteiger partial charge in [-0.25, -0.2) is 0 Å². The maximum atomic E-state index is 6.22. The molecule has 2 rings (SSSR count). The molecule has 0 bridgehead atoms. The number of hydrogen-bond acceptors (Lipinski definition) is 3. The molecule has 1 aliphatic carbocycles. The lowest BCUT2D eigenvalue weighted by molar-refractivity contribution is 0.198. The quantitative estimate of drug-likeness (QED) is 0.866. The molecule has 1 aliphatic rings. The highest BCUT2D eigenvalue weighted by Gasteiger charge is 2.21. The average molecular weight is 328 g/mol. The molecule has 0 radical (unpaired) electrons. The fourth-order valence-corrected chi connectivity index (χ4v) is 3.04. The Hall–Kier alpha value is -0.740. The Balaban J connectivity index is 2.26. The average Bonchev–Trinajstić information content (AvgIpc) is 2.91. The van der Waals surface area contributed by atoms with Crippen LogP contribution in [0.5, 0.6) is 11.5 Å². The van der Waals surface area contributed by atoms with E-state index in [1.54, 1.807) is 7.11 Å². The number of likely N-dealkylation sites (N-methyl/N-ethyl adjacent to an activating group) is 1. The zero-order chi connectivity index (χ0) is 13.7. The number of methoxy groups -OCH3 is 1. The third-order valence-electron chi connectivity index (χ3n) is 3.60. The largest absolute Gasteiger partial charge is 0.493 e. The maximum Gasteiger partial charge on any atom is 0.165 e. The summed E-state index contributed by atoms with van der Waals surface area (Å²) in [6.45, 7) is 0.923. The minimum Gasteiger partial charge on any atom is -0.493 e. The van der Waals surface area contributed by atoms with Crippen molar-refractivity contribution >= 4 is 15.9 Å². The molecule has 0 amide bonds. The van der Waals surface area contributed by atoms with Gasteiger partial charge in [-0.05, 0) is 57.8 Å². The molecule has 106 valence electrons. The summed E-state index contributed by atoms with van der Waals surface area (Å²) in [5, 5.41) is 3.18. The van der Waals surface area contributed by atoms with E-state index in [9.17, 15) is 0 Å². The summed E-state index contributed by atoms with van der Waals surface area (Å²) in [6, 6.07) is 4.00. The smallest absolute Gasteiger partial charge is 0.165 e. The zero-order valence-electron chi connectivity index (χ0n) is 11.7. The Labute approximate surface area is 123 Å². The minimum atomic E-state index is 0.344. The first-order valence-electron chi connectivity index (χ1n) is 6.93. The molecular formula is C15H22BrNO2. The highest BCUT2D eigenvalue weighted by atomic mass is 79.9. The van der Waals surface area contributed by atoms with Crippen LogP contribution >= 0.6 is 15.9 Å². The number of ether oxygens (including phenoxy) is 2. The summed E-state index contributed by atoms with van der Waals surface area (Å²) >= 11 is 3.63. The van der Waals surface area contributed by atoms with Gasteiger partial charge >= 0.3 is 0 Å². The standard InChI is InChI=1S/C15H22BrNO2/c1-17-10-9-12-13(16)7-8-14(18-2)15(12)19-11-5-3-4-6-11/h7-8,11,17H,3-6,9-10H2,1-2H3. The number of benzene rings is 1. The van der Waals surface area contributed by atoms with Crippen molar-refractivity contribution in [1.29, 1.82) is 0 Å². The summed E-state index contributed by atoms with van der Waals surface area (Å²) in [5.41, 5.74) is 1.20. The van der Waals surface area contributed by atoms with Crippen LogP contribution in [0.25, 0.3) is 0 Å². The first-order chi connectivity index (χ1) is 9.26. The molecule has 0 aromatic heterocycles. The molecule has 1 fully saturated rings. The highest BCUT2D eigenvalue weighted by Crippen LogP contribution is 2.38. The number of halogens is 1. The molecule has 19 heavy (non-hydrogen) atoms. The van der Waals surface area contributed by atoms with Gasteiger partial charge in [0.05, 0.1) is 13.2 Å². The van der Waals surface area contributed by atoms with E-state index in [1.165, 1.54) is 18.4 Å². The van der Waals surface area contributed by atoms with E-state index in [4.69, 9.17) is 9.47 Å². The molecule has 3 nitrogen and oxygen atoms in total. The summed E-state index contributed by atoms with van der Waals surface area (Å²) in [5.74, 6) is 1.75. The van der Waals surface area contributed by atoms with Crippen LogP contribution in [-0.4, -0.2) is 26.8 Å². The first-order valence-corrected chi connectivity index (χ1v) is 7.72. The molecule has 1 N–H and O–H groups in total. The van der Waals surface area contributed by atoms with Gasteiger partial charge in [0.1, 0.15) is 0 Å². The van der Waals surface area contributed by atoms with Gasteiger partial charge in [-0.2, -0.15) is 0 Å². The molecule has 0 saturated heterocycles. The van der Waals surface area contributed by atoms with Crippen molar-refractivity contribution in [2.45, 2.75) is 38.2 Å². The molecule has 0 unspecified atom stereocenters. The molecule has 0 spiro atoms. The van der Waals surface area contributed by atoms with Crippen LogP contribution in [0.3, 0.4) is 0 Å². The van der Waals surface area contributed by atoms with E-state index in [2.05, 4.69) is 21.2 Å². The van der Waals surface area contributed by atoms with Gasteiger partial charge in [-0.3, -0.25) is 0 Å². The third-order valence-corrected chi connectivity index (χ3v) is 4.34. The van der Waals surface area contributed by atoms with E-state index in [-0.39, 0.29) is 0 Å². The van der Waals surface area contributed by atoms with E-state index >= 15 is 0 Å². The van der Waals surface area contributed by atoms with Gasteiger partial charge in [-0.15, -0.1) is 0 Å². The minimum absolute atomic E-state index is 0.344. The monoisotopic (exact) mass is 327 g/mol. The van der Waals surface area contributed by atoms with Crippen LogP contribution in [0.1, 0.15) is 31.2 Å². The van der Waals surface area contributed by atoms with E-state index < -0.39 is 0 Å². The number of rotatable bonds is 6. The molecule has 0 atom stereocenters. The summed E-state index contributed by atoms with van der Waals surface area (Å²) in [6.07, 6.45) is 6.12. The fraction of sp³-hybridized carbons (Fsp3) is 0.600. The second kappa shape index (κ2) is 7.15. The van der Waals surface area contributed by atoms with E-state index in [1.807, 2.05) is 19.2 Å². The van der Waals surface area contributed by atoms with Gasteiger partial charge < -0.3 is 14.8 Å². The molecule has 0 heterocycles. The highest BCUT2D eigenvalue weighted by molar-refractivity contribution is 9.10. The summed E-state index contributed by atoms with van der Waals surface area (Å²) in [7, 11) is 3.66. The van der Waals surface area contributed by atoms with Crippen LogP contribution in [-0.2, 0) is 6.42 Å². The summed E-state index contributed by atoms with van der Waals surface area (Å²) in [4.78, 5) is 0. The lowest BCUT2D eigenvalue weighted by atomic mass is 10.1. The van der Waals surface area contributed by atoms with Crippen molar-refractivity contribution in [1.82, 2.24) is 5.32 Å². The zero-order valence-corrected chi connectivity index (χ0v) is 13.3. The molecule has 1 aromatic rings. The molecule has 1 saturated carbocycles. The molecule has 0 aliphatic heterocycles. The Kier molecular flexibility index (Phi) is 5.52. The Morgan fingerprint density at radius 3 is 2.68 bits per heavy atom. The fourth-order valence-electron chi connectivity index (χ4n) is 2.53. The van der Waals surface area contributed by atoms with Gasteiger partial charge in [0.2, 0.25) is 0 Å². The lowest BCUT2D eigenvalue weighted by Gasteiger charge is -2.20. The Morgan fingerprint density at radius 2 is 2.05 bits per heavy atom. The van der Waals surface area contributed by atoms with Crippen LogP contribution in [0.15, 0.2) is 16.6 Å². The van der Waals surface area contributed by atoms with Crippen LogP contribution in [0.4, 0.5) is 0 Å². The lowest BCUT2D eigenvalue weighted by Crippen LogP contribution is -2.16.